The molecule has 3 N–H and O–H groups in total. The van der Waals surface area contributed by atoms with E-state index in [9.17, 15) is 4.79 Å². The molecule has 18 heavy (non-hydrogen) atoms. The van der Waals surface area contributed by atoms with Gasteiger partial charge in [-0.2, -0.15) is 0 Å². The van der Waals surface area contributed by atoms with E-state index in [1.165, 1.54) is 0 Å². The number of rotatable bonds is 5. The number of benzene rings is 1. The number of hydrogen-bond acceptors (Lipinski definition) is 3. The van der Waals surface area contributed by atoms with Crippen molar-refractivity contribution in [3.8, 4) is 0 Å². The summed E-state index contributed by atoms with van der Waals surface area (Å²) in [5.41, 5.74) is 7.59. The van der Waals surface area contributed by atoms with Crippen LogP contribution in [-0.4, -0.2) is 25.5 Å². The molecule has 5 heteroatoms. The van der Waals surface area contributed by atoms with Gasteiger partial charge in [0.25, 0.3) is 0 Å². The third-order valence-corrected chi connectivity index (χ3v) is 3.23. The Morgan fingerprint density at radius 1 is 1.56 bits per heavy atom. The molecule has 0 aliphatic heterocycles. The van der Waals surface area contributed by atoms with Crippen LogP contribution in [0, 0.1) is 0 Å². The number of nitrogens with one attached hydrogen (secondary N) is 1. The normalized spacial score (nSPS) is 14.4. The van der Waals surface area contributed by atoms with Gasteiger partial charge in [0.05, 0.1) is 6.54 Å². The average Bonchev–Trinajstić information content (AvgIpc) is 3.12. The van der Waals surface area contributed by atoms with E-state index < -0.39 is 0 Å². The minimum atomic E-state index is 0.0536. The van der Waals surface area contributed by atoms with Gasteiger partial charge in [0.15, 0.2) is 0 Å². The number of amides is 1. The van der Waals surface area contributed by atoms with Gasteiger partial charge in [0, 0.05) is 30.3 Å². The first-order valence-electron chi connectivity index (χ1n) is 6.09. The second kappa shape index (κ2) is 5.59. The van der Waals surface area contributed by atoms with Crippen molar-refractivity contribution in [2.24, 2.45) is 5.73 Å². The fourth-order valence-corrected chi connectivity index (χ4v) is 2.09. The van der Waals surface area contributed by atoms with Gasteiger partial charge < -0.3 is 16.0 Å². The number of nitrogens with two attached hydrogens (primary N) is 1. The molecule has 1 fully saturated rings. The van der Waals surface area contributed by atoms with Crippen LogP contribution in [-0.2, 0) is 11.3 Å². The fraction of sp³-hybridized carbons (Fsp3) is 0.462. The van der Waals surface area contributed by atoms with Crippen molar-refractivity contribution in [3.05, 3.63) is 28.8 Å². The summed E-state index contributed by atoms with van der Waals surface area (Å²) in [4.78, 5) is 13.6. The van der Waals surface area contributed by atoms with Gasteiger partial charge in [-0.05, 0) is 36.6 Å². The van der Waals surface area contributed by atoms with E-state index in [0.29, 0.717) is 24.2 Å². The molecule has 0 unspecified atom stereocenters. The predicted octanol–water partition coefficient (Wildman–Crippen LogP) is 1.51. The topological polar surface area (TPSA) is 58.4 Å². The zero-order valence-electron chi connectivity index (χ0n) is 10.4. The third kappa shape index (κ3) is 3.37. The molecule has 98 valence electrons. The van der Waals surface area contributed by atoms with Gasteiger partial charge in [-0.3, -0.25) is 4.79 Å². The third-order valence-electron chi connectivity index (χ3n) is 3.00. The van der Waals surface area contributed by atoms with E-state index in [0.717, 1.165) is 24.1 Å². The molecule has 1 saturated carbocycles. The number of hydrogen-bond donors (Lipinski definition) is 2. The number of anilines is 1. The average molecular weight is 268 g/mol. The van der Waals surface area contributed by atoms with Crippen LogP contribution < -0.4 is 16.0 Å². The Bertz CT molecular complexity index is 446. The molecule has 0 atom stereocenters. The van der Waals surface area contributed by atoms with E-state index in [1.54, 1.807) is 0 Å². The molecule has 1 aromatic carbocycles. The van der Waals surface area contributed by atoms with E-state index in [1.807, 2.05) is 30.1 Å². The lowest BCUT2D eigenvalue weighted by Gasteiger charge is -2.21. The molecule has 0 aromatic heterocycles. The lowest BCUT2D eigenvalue weighted by molar-refractivity contribution is -0.119. The largest absolute Gasteiger partial charge is 0.365 e. The number of nitrogens with zero attached hydrogens (tertiary/aromatic N) is 1. The Hall–Kier alpha value is -1.26. The van der Waals surface area contributed by atoms with Gasteiger partial charge >= 0.3 is 0 Å². The van der Waals surface area contributed by atoms with E-state index in [2.05, 4.69) is 5.32 Å². The molecule has 0 bridgehead atoms. The maximum absolute atomic E-state index is 11.7. The van der Waals surface area contributed by atoms with Crippen molar-refractivity contribution in [3.63, 3.8) is 0 Å². The smallest absolute Gasteiger partial charge is 0.239 e. The second-order valence-electron chi connectivity index (χ2n) is 4.68. The van der Waals surface area contributed by atoms with Gasteiger partial charge in [0.1, 0.15) is 0 Å². The Labute approximate surface area is 112 Å². The highest BCUT2D eigenvalue weighted by Gasteiger charge is 2.23. The first-order chi connectivity index (χ1) is 8.60. The van der Waals surface area contributed by atoms with Gasteiger partial charge in [0.2, 0.25) is 5.91 Å². The van der Waals surface area contributed by atoms with Crippen molar-refractivity contribution >= 4 is 23.2 Å². The van der Waals surface area contributed by atoms with Crippen LogP contribution >= 0.6 is 11.6 Å². The molecule has 1 aromatic rings. The Balaban J connectivity index is 2.02. The summed E-state index contributed by atoms with van der Waals surface area (Å²) in [5.74, 6) is 0.0536. The summed E-state index contributed by atoms with van der Waals surface area (Å²) < 4.78 is 0. The predicted molar refractivity (Wildman–Crippen MR) is 73.8 cm³/mol. The summed E-state index contributed by atoms with van der Waals surface area (Å²) in [5, 5.41) is 3.63. The van der Waals surface area contributed by atoms with Gasteiger partial charge in [-0.1, -0.05) is 11.6 Å². The molecule has 4 nitrogen and oxygen atoms in total. The molecule has 1 amide bonds. The highest BCUT2D eigenvalue weighted by atomic mass is 35.5. The second-order valence-corrected chi connectivity index (χ2v) is 5.11. The van der Waals surface area contributed by atoms with Crippen LogP contribution in [0.5, 0.6) is 0 Å². The first-order valence-corrected chi connectivity index (χ1v) is 6.47. The van der Waals surface area contributed by atoms with Crippen LogP contribution in [0.25, 0.3) is 0 Å². The maximum Gasteiger partial charge on any atom is 0.239 e. The number of carbonyl (C=O) groups excluding carboxylic acids is 1. The summed E-state index contributed by atoms with van der Waals surface area (Å²) in [6.45, 7) is 0.746. The van der Waals surface area contributed by atoms with Crippen LogP contribution in [0.2, 0.25) is 5.02 Å². The van der Waals surface area contributed by atoms with Crippen LogP contribution in [0.1, 0.15) is 18.4 Å². The molecule has 0 saturated heterocycles. The minimum absolute atomic E-state index is 0.0536. The van der Waals surface area contributed by atoms with Gasteiger partial charge in [-0.25, -0.2) is 0 Å². The molecular weight excluding hydrogens is 250 g/mol. The van der Waals surface area contributed by atoms with Crippen molar-refractivity contribution in [1.82, 2.24) is 5.32 Å². The number of halogens is 1. The Kier molecular flexibility index (Phi) is 4.09. The Morgan fingerprint density at radius 3 is 2.89 bits per heavy atom. The quantitative estimate of drug-likeness (QED) is 0.850. The standard InChI is InChI=1S/C13H18ClN3O/c1-17(8-13(18)16-11-3-4-11)12-5-2-10(14)6-9(12)7-15/h2,5-6,11H,3-4,7-8,15H2,1H3,(H,16,18). The van der Waals surface area contributed by atoms with Crippen LogP contribution in [0.15, 0.2) is 18.2 Å². The number of likely N-dealkylation sites (N-methyl/N-ethyl adjacent to an activating group) is 1. The van der Waals surface area contributed by atoms with Crippen molar-refractivity contribution in [2.75, 3.05) is 18.5 Å². The molecule has 0 radical (unpaired) electrons. The zero-order chi connectivity index (χ0) is 13.1. The van der Waals surface area contributed by atoms with Crippen LogP contribution in [0.4, 0.5) is 5.69 Å². The summed E-state index contributed by atoms with van der Waals surface area (Å²) in [7, 11) is 1.88. The zero-order valence-corrected chi connectivity index (χ0v) is 11.2. The summed E-state index contributed by atoms with van der Waals surface area (Å²) in [6.07, 6.45) is 2.20. The molecule has 1 aliphatic carbocycles. The highest BCUT2D eigenvalue weighted by molar-refractivity contribution is 6.30. The molecule has 2 rings (SSSR count). The van der Waals surface area contributed by atoms with Crippen molar-refractivity contribution in [2.45, 2.75) is 25.4 Å². The van der Waals surface area contributed by atoms with Crippen molar-refractivity contribution < 1.29 is 4.79 Å². The fourth-order valence-electron chi connectivity index (χ4n) is 1.89. The molecule has 0 spiro atoms. The SMILES string of the molecule is CN(CC(=O)NC1CC1)c1ccc(Cl)cc1CN. The Morgan fingerprint density at radius 2 is 2.28 bits per heavy atom. The number of carbonyl (C=O) groups is 1. The van der Waals surface area contributed by atoms with E-state index in [-0.39, 0.29) is 5.91 Å². The van der Waals surface area contributed by atoms with E-state index in [4.69, 9.17) is 17.3 Å². The van der Waals surface area contributed by atoms with E-state index >= 15 is 0 Å². The van der Waals surface area contributed by atoms with Crippen molar-refractivity contribution in [1.29, 1.82) is 0 Å². The molecule has 1 aliphatic rings. The van der Waals surface area contributed by atoms with Gasteiger partial charge in [-0.15, -0.1) is 0 Å². The lowest BCUT2D eigenvalue weighted by Crippen LogP contribution is -2.36. The van der Waals surface area contributed by atoms with Crippen LogP contribution in [0.3, 0.4) is 0 Å². The maximum atomic E-state index is 11.7. The first kappa shape index (κ1) is 13.2. The molecule has 0 heterocycles. The lowest BCUT2D eigenvalue weighted by atomic mass is 10.1. The summed E-state index contributed by atoms with van der Waals surface area (Å²) in [6, 6.07) is 5.94. The molecular formula is C13H18ClN3O. The monoisotopic (exact) mass is 267 g/mol. The highest BCUT2D eigenvalue weighted by Crippen LogP contribution is 2.23. The minimum Gasteiger partial charge on any atom is -0.365 e. The summed E-state index contributed by atoms with van der Waals surface area (Å²) >= 11 is 5.93.